The van der Waals surface area contributed by atoms with Crippen LogP contribution in [-0.2, 0) is 4.79 Å². The van der Waals surface area contributed by atoms with E-state index in [-0.39, 0.29) is 12.3 Å². The summed E-state index contributed by atoms with van der Waals surface area (Å²) in [6.45, 7) is 5.20. The molecule has 0 saturated carbocycles. The molecule has 1 amide bonds. The number of nitrogens with one attached hydrogen (secondary N) is 1. The lowest BCUT2D eigenvalue weighted by Crippen LogP contribution is -2.16. The molecule has 0 fully saturated rings. The van der Waals surface area contributed by atoms with Crippen molar-refractivity contribution in [2.24, 2.45) is 0 Å². The lowest BCUT2D eigenvalue weighted by Gasteiger charge is -2.13. The molecule has 0 spiro atoms. The third-order valence-corrected chi connectivity index (χ3v) is 3.18. The standard InChI is InChI=1S/C19H23NO4/c1-3-22-16-10-11-18(23-4-2)17(14-16)20-19(21)12-13-24-15-8-6-5-7-9-15/h5-11,14H,3-4,12-13H2,1-2H3,(H,20,21). The summed E-state index contributed by atoms with van der Waals surface area (Å²) in [4.78, 5) is 12.1. The number of benzene rings is 2. The second kappa shape index (κ2) is 9.45. The first-order valence-corrected chi connectivity index (χ1v) is 8.10. The number of amides is 1. The first-order chi connectivity index (χ1) is 11.7. The van der Waals surface area contributed by atoms with Gasteiger partial charge < -0.3 is 19.5 Å². The van der Waals surface area contributed by atoms with Crippen molar-refractivity contribution >= 4 is 11.6 Å². The van der Waals surface area contributed by atoms with Crippen molar-refractivity contribution in [3.8, 4) is 17.2 Å². The van der Waals surface area contributed by atoms with E-state index in [0.29, 0.717) is 37.0 Å². The van der Waals surface area contributed by atoms with Crippen LogP contribution in [0.25, 0.3) is 0 Å². The molecule has 5 heteroatoms. The van der Waals surface area contributed by atoms with Crippen molar-refractivity contribution in [3.63, 3.8) is 0 Å². The van der Waals surface area contributed by atoms with E-state index in [2.05, 4.69) is 5.32 Å². The normalized spacial score (nSPS) is 10.1. The maximum atomic E-state index is 12.1. The van der Waals surface area contributed by atoms with Gasteiger partial charge in [-0.25, -0.2) is 0 Å². The average molecular weight is 329 g/mol. The monoisotopic (exact) mass is 329 g/mol. The van der Waals surface area contributed by atoms with Gasteiger partial charge in [0, 0.05) is 6.07 Å². The maximum absolute atomic E-state index is 12.1. The summed E-state index contributed by atoms with van der Waals surface area (Å²) < 4.78 is 16.5. The Labute approximate surface area is 142 Å². The molecule has 1 N–H and O–H groups in total. The average Bonchev–Trinajstić information content (AvgIpc) is 2.58. The summed E-state index contributed by atoms with van der Waals surface area (Å²) in [5, 5.41) is 2.86. The van der Waals surface area contributed by atoms with Crippen LogP contribution in [0, 0.1) is 0 Å². The Morgan fingerprint density at radius 3 is 2.38 bits per heavy atom. The van der Waals surface area contributed by atoms with Crippen LogP contribution >= 0.6 is 0 Å². The van der Waals surface area contributed by atoms with Crippen molar-refractivity contribution in [1.29, 1.82) is 0 Å². The highest BCUT2D eigenvalue weighted by molar-refractivity contribution is 5.92. The SMILES string of the molecule is CCOc1ccc(OCC)c(NC(=O)CCOc2ccccc2)c1. The molecule has 2 rings (SSSR count). The first kappa shape index (κ1) is 17.7. The van der Waals surface area contributed by atoms with Crippen molar-refractivity contribution in [1.82, 2.24) is 0 Å². The Balaban J connectivity index is 1.92. The number of hydrogen-bond donors (Lipinski definition) is 1. The van der Waals surface area contributed by atoms with E-state index < -0.39 is 0 Å². The molecule has 0 aliphatic carbocycles. The Kier molecular flexibility index (Phi) is 6.95. The van der Waals surface area contributed by atoms with E-state index in [9.17, 15) is 4.79 Å². The Morgan fingerprint density at radius 2 is 1.67 bits per heavy atom. The van der Waals surface area contributed by atoms with Crippen molar-refractivity contribution in [2.45, 2.75) is 20.3 Å². The van der Waals surface area contributed by atoms with Gasteiger partial charge >= 0.3 is 0 Å². The summed E-state index contributed by atoms with van der Waals surface area (Å²) >= 11 is 0. The van der Waals surface area contributed by atoms with E-state index in [1.807, 2.05) is 50.2 Å². The molecular weight excluding hydrogens is 306 g/mol. The molecule has 0 unspecified atom stereocenters. The fraction of sp³-hybridized carbons (Fsp3) is 0.316. The fourth-order valence-corrected chi connectivity index (χ4v) is 2.14. The zero-order valence-corrected chi connectivity index (χ0v) is 14.1. The smallest absolute Gasteiger partial charge is 0.227 e. The molecule has 0 aliphatic heterocycles. The molecule has 0 heterocycles. The Bertz CT molecular complexity index is 643. The lowest BCUT2D eigenvalue weighted by atomic mass is 10.2. The third kappa shape index (κ3) is 5.50. The molecule has 0 aromatic heterocycles. The van der Waals surface area contributed by atoms with E-state index in [4.69, 9.17) is 14.2 Å². The van der Waals surface area contributed by atoms with Gasteiger partial charge in [0.1, 0.15) is 17.2 Å². The second-order valence-corrected chi connectivity index (χ2v) is 4.98. The largest absolute Gasteiger partial charge is 0.494 e. The minimum atomic E-state index is -0.138. The number of para-hydroxylation sites is 1. The highest BCUT2D eigenvalue weighted by Crippen LogP contribution is 2.29. The van der Waals surface area contributed by atoms with Gasteiger partial charge in [-0.2, -0.15) is 0 Å². The Hall–Kier alpha value is -2.69. The van der Waals surface area contributed by atoms with E-state index in [1.165, 1.54) is 0 Å². The van der Waals surface area contributed by atoms with E-state index in [1.54, 1.807) is 12.1 Å². The molecule has 24 heavy (non-hydrogen) atoms. The number of anilines is 1. The van der Waals surface area contributed by atoms with E-state index in [0.717, 1.165) is 5.75 Å². The zero-order chi connectivity index (χ0) is 17.2. The second-order valence-electron chi connectivity index (χ2n) is 4.98. The number of rotatable bonds is 9. The van der Waals surface area contributed by atoms with Gasteiger partial charge in [0.15, 0.2) is 0 Å². The molecular formula is C19H23NO4. The number of carbonyl (C=O) groups excluding carboxylic acids is 1. The topological polar surface area (TPSA) is 56.8 Å². The van der Waals surface area contributed by atoms with Gasteiger partial charge in [-0.05, 0) is 38.1 Å². The van der Waals surface area contributed by atoms with Crippen molar-refractivity contribution < 1.29 is 19.0 Å². The van der Waals surface area contributed by atoms with Gasteiger partial charge in [-0.3, -0.25) is 4.79 Å². The lowest BCUT2D eigenvalue weighted by molar-refractivity contribution is -0.116. The third-order valence-electron chi connectivity index (χ3n) is 3.18. The van der Waals surface area contributed by atoms with Crippen LogP contribution in [0.3, 0.4) is 0 Å². The van der Waals surface area contributed by atoms with Crippen LogP contribution in [0.15, 0.2) is 48.5 Å². The van der Waals surface area contributed by atoms with Gasteiger partial charge in [0.25, 0.3) is 0 Å². The number of hydrogen-bond acceptors (Lipinski definition) is 4. The quantitative estimate of drug-likeness (QED) is 0.758. The molecule has 0 radical (unpaired) electrons. The summed E-state index contributed by atoms with van der Waals surface area (Å²) in [6, 6.07) is 14.8. The minimum absolute atomic E-state index is 0.138. The molecule has 5 nitrogen and oxygen atoms in total. The molecule has 0 saturated heterocycles. The van der Waals surface area contributed by atoms with Crippen LogP contribution < -0.4 is 19.5 Å². The molecule has 0 atom stereocenters. The molecule has 2 aromatic carbocycles. The van der Waals surface area contributed by atoms with Crippen molar-refractivity contribution in [3.05, 3.63) is 48.5 Å². The van der Waals surface area contributed by atoms with Gasteiger partial charge in [-0.15, -0.1) is 0 Å². The predicted octanol–water partition coefficient (Wildman–Crippen LogP) is 3.89. The fourth-order valence-electron chi connectivity index (χ4n) is 2.14. The predicted molar refractivity (Wildman–Crippen MR) is 94.0 cm³/mol. The van der Waals surface area contributed by atoms with Gasteiger partial charge in [-0.1, -0.05) is 18.2 Å². The zero-order valence-electron chi connectivity index (χ0n) is 14.1. The molecule has 0 aliphatic rings. The van der Waals surface area contributed by atoms with Crippen LogP contribution in [0.1, 0.15) is 20.3 Å². The highest BCUT2D eigenvalue weighted by atomic mass is 16.5. The summed E-state index contributed by atoms with van der Waals surface area (Å²) in [5.41, 5.74) is 0.604. The number of carbonyl (C=O) groups is 1. The highest BCUT2D eigenvalue weighted by Gasteiger charge is 2.10. The summed E-state index contributed by atoms with van der Waals surface area (Å²) in [6.07, 6.45) is 0.249. The first-order valence-electron chi connectivity index (χ1n) is 8.10. The molecule has 0 bridgehead atoms. The van der Waals surface area contributed by atoms with Gasteiger partial charge in [0.05, 0.1) is 31.9 Å². The van der Waals surface area contributed by atoms with Crippen LogP contribution in [-0.4, -0.2) is 25.7 Å². The minimum Gasteiger partial charge on any atom is -0.494 e. The van der Waals surface area contributed by atoms with Crippen LogP contribution in [0.5, 0.6) is 17.2 Å². The van der Waals surface area contributed by atoms with Gasteiger partial charge in [0.2, 0.25) is 5.91 Å². The summed E-state index contributed by atoms with van der Waals surface area (Å²) in [7, 11) is 0. The van der Waals surface area contributed by atoms with Crippen LogP contribution in [0.4, 0.5) is 5.69 Å². The Morgan fingerprint density at radius 1 is 0.917 bits per heavy atom. The number of ether oxygens (including phenoxy) is 3. The maximum Gasteiger partial charge on any atom is 0.227 e. The van der Waals surface area contributed by atoms with E-state index >= 15 is 0 Å². The molecule has 2 aromatic rings. The molecule has 128 valence electrons. The summed E-state index contributed by atoms with van der Waals surface area (Å²) in [5.74, 6) is 1.93. The van der Waals surface area contributed by atoms with Crippen molar-refractivity contribution in [2.75, 3.05) is 25.1 Å². The van der Waals surface area contributed by atoms with Crippen LogP contribution in [0.2, 0.25) is 0 Å².